The van der Waals surface area contributed by atoms with E-state index in [1.165, 1.54) is 14.2 Å². The molecule has 0 heterocycles. The predicted molar refractivity (Wildman–Crippen MR) is 78.9 cm³/mol. The van der Waals surface area contributed by atoms with E-state index in [9.17, 15) is 0 Å². The van der Waals surface area contributed by atoms with Crippen LogP contribution in [0.4, 0.5) is 0 Å². The molecular weight excluding hydrogens is 258 g/mol. The lowest BCUT2D eigenvalue weighted by atomic mass is 10.2. The largest absolute Gasteiger partial charge is 0.399 e. The second-order valence-electron chi connectivity index (χ2n) is 3.92. The molecule has 0 spiro atoms. The summed E-state index contributed by atoms with van der Waals surface area (Å²) in [7, 11) is 2.92. The van der Waals surface area contributed by atoms with Crippen molar-refractivity contribution in [2.75, 3.05) is 14.2 Å². The number of hydrogen-bond acceptors (Lipinski definition) is 6. The van der Waals surface area contributed by atoms with Crippen LogP contribution < -0.4 is 0 Å². The molecule has 0 radical (unpaired) electrons. The molecule has 0 saturated heterocycles. The van der Waals surface area contributed by atoms with Crippen molar-refractivity contribution in [3.63, 3.8) is 0 Å². The quantitative estimate of drug-likeness (QED) is 0.568. The van der Waals surface area contributed by atoms with Gasteiger partial charge in [0.25, 0.3) is 0 Å². The normalized spacial score (nSPS) is 13.1. The highest BCUT2D eigenvalue weighted by Gasteiger charge is 2.11. The standard InChI is InChI=1S/C14H19N3O3/c1-11(15-18-3)14(17-19-4)12(2)16-20-10-13-8-6-5-7-9-13/h5-9H,10H2,1-4H3. The number of hydrogen-bond donors (Lipinski definition) is 0. The van der Waals surface area contributed by atoms with Gasteiger partial charge in [-0.3, -0.25) is 0 Å². The van der Waals surface area contributed by atoms with Crippen LogP contribution in [0.25, 0.3) is 0 Å². The van der Waals surface area contributed by atoms with Crippen LogP contribution in [0.1, 0.15) is 19.4 Å². The average Bonchev–Trinajstić information content (AvgIpc) is 2.46. The van der Waals surface area contributed by atoms with E-state index >= 15 is 0 Å². The molecule has 0 unspecified atom stereocenters. The van der Waals surface area contributed by atoms with Crippen molar-refractivity contribution in [2.24, 2.45) is 15.5 Å². The number of nitrogens with zero attached hydrogens (tertiary/aromatic N) is 3. The highest BCUT2D eigenvalue weighted by Crippen LogP contribution is 2.01. The topological polar surface area (TPSA) is 64.8 Å². The molecule has 0 amide bonds. The summed E-state index contributed by atoms with van der Waals surface area (Å²) < 4.78 is 0. The first kappa shape index (κ1) is 15.7. The smallest absolute Gasteiger partial charge is 0.151 e. The lowest BCUT2D eigenvalue weighted by Crippen LogP contribution is -2.20. The molecule has 0 fully saturated rings. The molecule has 108 valence electrons. The van der Waals surface area contributed by atoms with Crippen molar-refractivity contribution in [1.29, 1.82) is 0 Å². The lowest BCUT2D eigenvalue weighted by molar-refractivity contribution is 0.131. The Bertz CT molecular complexity index is 496. The summed E-state index contributed by atoms with van der Waals surface area (Å²) in [6.07, 6.45) is 0. The molecule has 1 rings (SSSR count). The van der Waals surface area contributed by atoms with Crippen LogP contribution in [0.2, 0.25) is 0 Å². The maximum Gasteiger partial charge on any atom is 0.151 e. The second kappa shape index (κ2) is 8.68. The summed E-state index contributed by atoms with van der Waals surface area (Å²) in [6, 6.07) is 9.77. The van der Waals surface area contributed by atoms with Gasteiger partial charge in [-0.15, -0.1) is 0 Å². The van der Waals surface area contributed by atoms with E-state index in [4.69, 9.17) is 14.5 Å². The van der Waals surface area contributed by atoms with Crippen molar-refractivity contribution in [2.45, 2.75) is 20.5 Å². The molecule has 0 aliphatic carbocycles. The zero-order valence-electron chi connectivity index (χ0n) is 12.2. The van der Waals surface area contributed by atoms with Crippen molar-refractivity contribution < 1.29 is 14.5 Å². The first-order valence-electron chi connectivity index (χ1n) is 6.09. The molecule has 20 heavy (non-hydrogen) atoms. The first-order valence-corrected chi connectivity index (χ1v) is 6.09. The van der Waals surface area contributed by atoms with Gasteiger partial charge in [-0.2, -0.15) is 0 Å². The Morgan fingerprint density at radius 2 is 1.50 bits per heavy atom. The molecule has 0 N–H and O–H groups in total. The number of oxime groups is 3. The minimum Gasteiger partial charge on any atom is -0.399 e. The molecule has 6 heteroatoms. The summed E-state index contributed by atoms with van der Waals surface area (Å²) in [5, 5.41) is 11.7. The first-order chi connectivity index (χ1) is 9.69. The van der Waals surface area contributed by atoms with Gasteiger partial charge < -0.3 is 14.5 Å². The summed E-state index contributed by atoms with van der Waals surface area (Å²) >= 11 is 0. The molecule has 0 aliphatic heterocycles. The van der Waals surface area contributed by atoms with Gasteiger partial charge in [0.2, 0.25) is 0 Å². The fourth-order valence-corrected chi connectivity index (χ4v) is 1.49. The van der Waals surface area contributed by atoms with E-state index in [2.05, 4.69) is 15.5 Å². The fourth-order valence-electron chi connectivity index (χ4n) is 1.49. The van der Waals surface area contributed by atoms with Gasteiger partial charge in [0.15, 0.2) is 5.71 Å². The highest BCUT2D eigenvalue weighted by molar-refractivity contribution is 6.67. The van der Waals surface area contributed by atoms with Gasteiger partial charge in [-0.1, -0.05) is 45.8 Å². The van der Waals surface area contributed by atoms with Gasteiger partial charge in [-0.25, -0.2) is 0 Å². The molecule has 0 saturated carbocycles. The minimum atomic E-state index is 0.388. The van der Waals surface area contributed by atoms with Crippen LogP contribution in [-0.2, 0) is 21.1 Å². The zero-order chi connectivity index (χ0) is 14.8. The van der Waals surface area contributed by atoms with Crippen molar-refractivity contribution in [3.8, 4) is 0 Å². The minimum absolute atomic E-state index is 0.388. The summed E-state index contributed by atoms with van der Waals surface area (Å²) in [5.74, 6) is 0. The van der Waals surface area contributed by atoms with Crippen LogP contribution in [0.5, 0.6) is 0 Å². The summed E-state index contributed by atoms with van der Waals surface area (Å²) in [5.41, 5.74) is 2.62. The zero-order valence-corrected chi connectivity index (χ0v) is 12.2. The van der Waals surface area contributed by atoms with E-state index in [0.717, 1.165) is 5.56 Å². The number of rotatable bonds is 7. The van der Waals surface area contributed by atoms with Gasteiger partial charge in [-0.05, 0) is 19.4 Å². The molecule has 0 aromatic heterocycles. The van der Waals surface area contributed by atoms with Crippen LogP contribution in [0.3, 0.4) is 0 Å². The molecule has 1 aromatic carbocycles. The molecule has 1 aromatic rings. The Morgan fingerprint density at radius 3 is 2.10 bits per heavy atom. The van der Waals surface area contributed by atoms with Crippen LogP contribution in [0.15, 0.2) is 45.8 Å². The van der Waals surface area contributed by atoms with Crippen molar-refractivity contribution >= 4 is 17.1 Å². The Labute approximate surface area is 118 Å². The third kappa shape index (κ3) is 5.09. The maximum absolute atomic E-state index is 5.29. The average molecular weight is 277 g/mol. The van der Waals surface area contributed by atoms with E-state index in [1.54, 1.807) is 13.8 Å². The van der Waals surface area contributed by atoms with E-state index in [0.29, 0.717) is 23.7 Å². The van der Waals surface area contributed by atoms with E-state index in [-0.39, 0.29) is 0 Å². The van der Waals surface area contributed by atoms with Crippen molar-refractivity contribution in [3.05, 3.63) is 35.9 Å². The molecule has 6 nitrogen and oxygen atoms in total. The Hall–Kier alpha value is -2.37. The number of benzene rings is 1. The predicted octanol–water partition coefficient (Wildman–Crippen LogP) is 2.60. The van der Waals surface area contributed by atoms with Gasteiger partial charge in [0.05, 0.1) is 0 Å². The molecule has 0 atom stereocenters. The van der Waals surface area contributed by atoms with Crippen molar-refractivity contribution in [1.82, 2.24) is 0 Å². The second-order valence-corrected chi connectivity index (χ2v) is 3.92. The molecule has 0 bridgehead atoms. The van der Waals surface area contributed by atoms with Crippen LogP contribution in [0, 0.1) is 0 Å². The van der Waals surface area contributed by atoms with E-state index < -0.39 is 0 Å². The SMILES string of the molecule is CON=C(C)C(=NOC)C(C)=NOCc1ccccc1. The fraction of sp³-hybridized carbons (Fsp3) is 0.357. The summed E-state index contributed by atoms with van der Waals surface area (Å²) in [4.78, 5) is 14.8. The highest BCUT2D eigenvalue weighted by atomic mass is 16.6. The Morgan fingerprint density at radius 1 is 0.900 bits per heavy atom. The lowest BCUT2D eigenvalue weighted by Gasteiger charge is -2.05. The Balaban J connectivity index is 2.70. The van der Waals surface area contributed by atoms with Gasteiger partial charge in [0, 0.05) is 0 Å². The van der Waals surface area contributed by atoms with Crippen LogP contribution in [-0.4, -0.2) is 31.4 Å². The third-order valence-electron chi connectivity index (χ3n) is 2.37. The maximum atomic E-state index is 5.29. The van der Waals surface area contributed by atoms with Gasteiger partial charge >= 0.3 is 0 Å². The monoisotopic (exact) mass is 277 g/mol. The molecular formula is C14H19N3O3. The summed E-state index contributed by atoms with van der Waals surface area (Å²) in [6.45, 7) is 3.90. The van der Waals surface area contributed by atoms with E-state index in [1.807, 2.05) is 30.3 Å². The van der Waals surface area contributed by atoms with Crippen LogP contribution >= 0.6 is 0 Å². The third-order valence-corrected chi connectivity index (χ3v) is 2.37. The Kier molecular flexibility index (Phi) is 6.81. The van der Waals surface area contributed by atoms with Gasteiger partial charge in [0.1, 0.15) is 32.2 Å². The molecule has 0 aliphatic rings.